The number of benzene rings is 3. The quantitative estimate of drug-likeness (QED) is 0.535. The first-order valence-corrected chi connectivity index (χ1v) is 10.3. The van der Waals surface area contributed by atoms with Gasteiger partial charge in [0.05, 0.1) is 13.2 Å². The van der Waals surface area contributed by atoms with Crippen molar-refractivity contribution in [2.45, 2.75) is 20.3 Å². The number of rotatable bonds is 5. The molecule has 5 nitrogen and oxygen atoms in total. The van der Waals surface area contributed by atoms with Crippen LogP contribution in [0, 0.1) is 6.92 Å². The summed E-state index contributed by atoms with van der Waals surface area (Å²) in [6.07, 6.45) is 2.40. The SMILES string of the molecule is CCOc1ccc(-c2ccc3c(c2)C=C(C(=O)Nc2ccc(O)cc2C)CCO3)cc1. The van der Waals surface area contributed by atoms with Crippen molar-refractivity contribution in [3.63, 3.8) is 0 Å². The van der Waals surface area contributed by atoms with Gasteiger partial charge in [-0.1, -0.05) is 18.2 Å². The molecule has 0 bridgehead atoms. The van der Waals surface area contributed by atoms with Crippen molar-refractivity contribution in [1.29, 1.82) is 0 Å². The summed E-state index contributed by atoms with van der Waals surface area (Å²) in [5, 5.41) is 12.5. The molecule has 5 heteroatoms. The van der Waals surface area contributed by atoms with E-state index in [-0.39, 0.29) is 11.7 Å². The first-order valence-electron chi connectivity index (χ1n) is 10.3. The Morgan fingerprint density at radius 2 is 1.84 bits per heavy atom. The molecule has 0 unspecified atom stereocenters. The number of aromatic hydroxyl groups is 1. The number of hydrogen-bond acceptors (Lipinski definition) is 4. The van der Waals surface area contributed by atoms with E-state index in [9.17, 15) is 9.90 Å². The van der Waals surface area contributed by atoms with Gasteiger partial charge >= 0.3 is 0 Å². The molecule has 1 aliphatic heterocycles. The molecule has 0 aromatic heterocycles. The molecule has 0 spiro atoms. The number of hydrogen-bond donors (Lipinski definition) is 2. The van der Waals surface area contributed by atoms with Crippen LogP contribution in [0.4, 0.5) is 5.69 Å². The molecule has 158 valence electrons. The molecule has 31 heavy (non-hydrogen) atoms. The van der Waals surface area contributed by atoms with Crippen LogP contribution in [-0.2, 0) is 4.79 Å². The van der Waals surface area contributed by atoms with Crippen molar-refractivity contribution in [2.75, 3.05) is 18.5 Å². The van der Waals surface area contributed by atoms with Crippen LogP contribution in [-0.4, -0.2) is 24.2 Å². The Balaban J connectivity index is 1.60. The maximum atomic E-state index is 12.9. The van der Waals surface area contributed by atoms with Gasteiger partial charge in [0.15, 0.2) is 0 Å². The minimum Gasteiger partial charge on any atom is -0.508 e. The third-order valence-corrected chi connectivity index (χ3v) is 5.22. The molecule has 0 atom stereocenters. The number of carbonyl (C=O) groups is 1. The molecular weight excluding hydrogens is 390 g/mol. The monoisotopic (exact) mass is 415 g/mol. The zero-order chi connectivity index (χ0) is 21.8. The fourth-order valence-electron chi connectivity index (χ4n) is 3.58. The standard InChI is InChI=1S/C26H25NO4/c1-3-30-23-8-4-18(5-9-23)19-6-11-25-21(15-19)16-20(12-13-31-25)26(29)27-24-10-7-22(28)14-17(24)2/h4-11,14-16,28H,3,12-13H2,1-2H3,(H,27,29). The maximum Gasteiger partial charge on any atom is 0.251 e. The van der Waals surface area contributed by atoms with Crippen LogP contribution in [0.3, 0.4) is 0 Å². The summed E-state index contributed by atoms with van der Waals surface area (Å²) in [5.41, 5.74) is 5.10. The minimum atomic E-state index is -0.170. The topological polar surface area (TPSA) is 67.8 Å². The van der Waals surface area contributed by atoms with Crippen LogP contribution in [0.25, 0.3) is 17.2 Å². The molecule has 1 aliphatic rings. The zero-order valence-electron chi connectivity index (χ0n) is 17.6. The Morgan fingerprint density at radius 1 is 1.06 bits per heavy atom. The molecule has 0 radical (unpaired) electrons. The number of nitrogens with one attached hydrogen (secondary N) is 1. The molecule has 0 aliphatic carbocycles. The number of phenols is 1. The first-order chi connectivity index (χ1) is 15.0. The van der Waals surface area contributed by atoms with Crippen molar-refractivity contribution in [3.8, 4) is 28.4 Å². The van der Waals surface area contributed by atoms with E-state index in [1.54, 1.807) is 18.2 Å². The Bertz CT molecular complexity index is 1130. The van der Waals surface area contributed by atoms with Gasteiger partial charge in [-0.05, 0) is 79.1 Å². The van der Waals surface area contributed by atoms with Gasteiger partial charge in [0.1, 0.15) is 17.2 Å². The highest BCUT2D eigenvalue weighted by molar-refractivity contribution is 6.07. The van der Waals surface area contributed by atoms with Crippen LogP contribution < -0.4 is 14.8 Å². The molecule has 2 N–H and O–H groups in total. The fraction of sp³-hybridized carbons (Fsp3) is 0.192. The molecule has 4 rings (SSSR count). The van der Waals surface area contributed by atoms with E-state index >= 15 is 0 Å². The number of anilines is 1. The number of amides is 1. The Labute approximate surface area is 182 Å². The molecule has 3 aromatic rings. The van der Waals surface area contributed by atoms with Crippen LogP contribution in [0.1, 0.15) is 24.5 Å². The van der Waals surface area contributed by atoms with E-state index in [1.165, 1.54) is 0 Å². The molecule has 3 aromatic carbocycles. The van der Waals surface area contributed by atoms with E-state index in [0.29, 0.717) is 30.9 Å². The Hall–Kier alpha value is -3.73. The lowest BCUT2D eigenvalue weighted by Crippen LogP contribution is -2.16. The maximum absolute atomic E-state index is 12.9. The molecule has 0 fully saturated rings. The molecule has 1 amide bonds. The summed E-state index contributed by atoms with van der Waals surface area (Å²) in [4.78, 5) is 12.9. The Morgan fingerprint density at radius 3 is 2.58 bits per heavy atom. The largest absolute Gasteiger partial charge is 0.508 e. The van der Waals surface area contributed by atoms with E-state index < -0.39 is 0 Å². The number of aryl methyl sites for hydroxylation is 1. The van der Waals surface area contributed by atoms with Crippen molar-refractivity contribution in [2.24, 2.45) is 0 Å². The first kappa shape index (κ1) is 20.5. The zero-order valence-corrected chi connectivity index (χ0v) is 17.6. The van der Waals surface area contributed by atoms with E-state index in [2.05, 4.69) is 5.32 Å². The van der Waals surface area contributed by atoms with E-state index in [1.807, 2.05) is 62.4 Å². The number of ether oxygens (including phenoxy) is 2. The van der Waals surface area contributed by atoms with E-state index in [0.717, 1.165) is 33.8 Å². The van der Waals surface area contributed by atoms with Gasteiger partial charge in [-0.3, -0.25) is 4.79 Å². The van der Waals surface area contributed by atoms with Gasteiger partial charge in [0, 0.05) is 23.2 Å². The summed E-state index contributed by atoms with van der Waals surface area (Å²) in [6, 6.07) is 18.8. The predicted molar refractivity (Wildman–Crippen MR) is 123 cm³/mol. The van der Waals surface area contributed by atoms with Gasteiger partial charge in [0.2, 0.25) is 0 Å². The van der Waals surface area contributed by atoms with Gasteiger partial charge in [-0.2, -0.15) is 0 Å². The van der Waals surface area contributed by atoms with Crippen molar-refractivity contribution >= 4 is 17.7 Å². The lowest BCUT2D eigenvalue weighted by molar-refractivity contribution is -0.113. The molecular formula is C26H25NO4. The highest BCUT2D eigenvalue weighted by Gasteiger charge is 2.17. The summed E-state index contributed by atoms with van der Waals surface area (Å²) < 4.78 is 11.4. The van der Waals surface area contributed by atoms with Crippen LogP contribution >= 0.6 is 0 Å². The van der Waals surface area contributed by atoms with Crippen LogP contribution in [0.15, 0.2) is 66.2 Å². The second kappa shape index (κ2) is 8.96. The second-order valence-corrected chi connectivity index (χ2v) is 7.43. The lowest BCUT2D eigenvalue weighted by atomic mass is 10.0. The van der Waals surface area contributed by atoms with Crippen molar-refractivity contribution in [3.05, 3.63) is 77.4 Å². The summed E-state index contributed by atoms with van der Waals surface area (Å²) in [6.45, 7) is 4.87. The molecule has 0 saturated carbocycles. The van der Waals surface area contributed by atoms with Crippen LogP contribution in [0.2, 0.25) is 0 Å². The summed E-state index contributed by atoms with van der Waals surface area (Å²) in [7, 11) is 0. The van der Waals surface area contributed by atoms with Crippen molar-refractivity contribution < 1.29 is 19.4 Å². The third kappa shape index (κ3) is 4.72. The molecule has 0 saturated heterocycles. The number of phenolic OH excluding ortho intramolecular Hbond substituents is 1. The summed E-state index contributed by atoms with van der Waals surface area (Å²) in [5.74, 6) is 1.61. The Kier molecular flexibility index (Phi) is 5.94. The average Bonchev–Trinajstić information content (AvgIpc) is 2.98. The third-order valence-electron chi connectivity index (χ3n) is 5.22. The predicted octanol–water partition coefficient (Wildman–Crippen LogP) is 5.57. The van der Waals surface area contributed by atoms with Gasteiger partial charge in [-0.15, -0.1) is 0 Å². The minimum absolute atomic E-state index is 0.170. The highest BCUT2D eigenvalue weighted by Crippen LogP contribution is 2.32. The highest BCUT2D eigenvalue weighted by atomic mass is 16.5. The number of fused-ring (bicyclic) bond motifs is 1. The van der Waals surface area contributed by atoms with Gasteiger partial charge in [-0.25, -0.2) is 0 Å². The lowest BCUT2D eigenvalue weighted by Gasteiger charge is -2.10. The normalized spacial score (nSPS) is 12.8. The fourth-order valence-corrected chi connectivity index (χ4v) is 3.58. The van der Waals surface area contributed by atoms with Crippen LogP contribution in [0.5, 0.6) is 17.2 Å². The smallest absolute Gasteiger partial charge is 0.251 e. The number of carbonyl (C=O) groups excluding carboxylic acids is 1. The molecule has 1 heterocycles. The van der Waals surface area contributed by atoms with E-state index in [4.69, 9.17) is 9.47 Å². The average molecular weight is 415 g/mol. The second-order valence-electron chi connectivity index (χ2n) is 7.43. The van der Waals surface area contributed by atoms with Gasteiger partial charge < -0.3 is 19.9 Å². The van der Waals surface area contributed by atoms with Crippen molar-refractivity contribution in [1.82, 2.24) is 0 Å². The summed E-state index contributed by atoms with van der Waals surface area (Å²) >= 11 is 0. The van der Waals surface area contributed by atoms with Gasteiger partial charge in [0.25, 0.3) is 5.91 Å².